The Bertz CT molecular complexity index is 928. The van der Waals surface area contributed by atoms with Crippen molar-refractivity contribution in [3.63, 3.8) is 0 Å². The highest BCUT2D eigenvalue weighted by Gasteiger charge is 2.27. The number of carbonyl (C=O) groups excluding carboxylic acids is 1. The zero-order valence-electron chi connectivity index (χ0n) is 13.6. The lowest BCUT2D eigenvalue weighted by Crippen LogP contribution is -2.42. The molecule has 0 aliphatic carbocycles. The van der Waals surface area contributed by atoms with Crippen LogP contribution < -0.4 is 0 Å². The molecule has 3 aromatic rings. The summed E-state index contributed by atoms with van der Waals surface area (Å²) in [6, 6.07) is 17.1. The zero-order valence-corrected chi connectivity index (χ0v) is 14.3. The Morgan fingerprint density at radius 2 is 2.04 bits per heavy atom. The van der Waals surface area contributed by atoms with Crippen molar-refractivity contribution in [1.29, 1.82) is 0 Å². The van der Waals surface area contributed by atoms with E-state index in [9.17, 15) is 4.79 Å². The van der Waals surface area contributed by atoms with Crippen LogP contribution in [0, 0.1) is 0 Å². The van der Waals surface area contributed by atoms with Crippen LogP contribution >= 0.6 is 11.6 Å². The van der Waals surface area contributed by atoms with E-state index in [2.05, 4.69) is 4.98 Å². The first-order valence-corrected chi connectivity index (χ1v) is 8.60. The van der Waals surface area contributed by atoms with Crippen LogP contribution in [0.15, 0.2) is 60.8 Å². The molecule has 126 valence electrons. The van der Waals surface area contributed by atoms with E-state index in [0.29, 0.717) is 30.3 Å². The maximum absolute atomic E-state index is 12.9. The van der Waals surface area contributed by atoms with E-state index in [4.69, 9.17) is 16.3 Å². The quantitative estimate of drug-likeness (QED) is 0.697. The summed E-state index contributed by atoms with van der Waals surface area (Å²) in [4.78, 5) is 19.1. The molecule has 1 unspecified atom stereocenters. The average Bonchev–Trinajstić information content (AvgIpc) is 2.67. The minimum Gasteiger partial charge on any atom is -0.370 e. The molecular formula is C20H17ClN2O2. The van der Waals surface area contributed by atoms with Gasteiger partial charge in [-0.3, -0.25) is 9.78 Å². The number of benzene rings is 2. The number of nitrogens with zero attached hydrogens (tertiary/aromatic N) is 2. The van der Waals surface area contributed by atoms with Crippen LogP contribution in [0.3, 0.4) is 0 Å². The summed E-state index contributed by atoms with van der Waals surface area (Å²) in [5.74, 6) is -0.00657. The minimum atomic E-state index is -0.204. The van der Waals surface area contributed by atoms with Crippen molar-refractivity contribution in [2.45, 2.75) is 6.10 Å². The number of rotatable bonds is 2. The molecule has 2 aromatic carbocycles. The fourth-order valence-corrected chi connectivity index (χ4v) is 3.40. The summed E-state index contributed by atoms with van der Waals surface area (Å²) in [5.41, 5.74) is 2.39. The van der Waals surface area contributed by atoms with Crippen LogP contribution in [0.2, 0.25) is 5.02 Å². The molecule has 0 radical (unpaired) electrons. The zero-order chi connectivity index (χ0) is 17.2. The Hall–Kier alpha value is -2.43. The second-order valence-electron chi connectivity index (χ2n) is 6.04. The summed E-state index contributed by atoms with van der Waals surface area (Å²) in [7, 11) is 0. The molecule has 1 atom stereocenters. The summed E-state index contributed by atoms with van der Waals surface area (Å²) in [6.45, 7) is 1.55. The van der Waals surface area contributed by atoms with E-state index < -0.39 is 0 Å². The monoisotopic (exact) mass is 352 g/mol. The van der Waals surface area contributed by atoms with Gasteiger partial charge in [-0.2, -0.15) is 0 Å². The normalized spacial score (nSPS) is 17.6. The van der Waals surface area contributed by atoms with Gasteiger partial charge in [0.2, 0.25) is 0 Å². The van der Waals surface area contributed by atoms with Crippen molar-refractivity contribution >= 4 is 28.4 Å². The van der Waals surface area contributed by atoms with Crippen molar-refractivity contribution in [2.75, 3.05) is 19.7 Å². The Labute approximate surface area is 151 Å². The maximum atomic E-state index is 12.9. The lowest BCUT2D eigenvalue weighted by Gasteiger charge is -2.33. The molecule has 1 aliphatic rings. The summed E-state index contributed by atoms with van der Waals surface area (Å²) < 4.78 is 5.84. The summed E-state index contributed by atoms with van der Waals surface area (Å²) in [5, 5.41) is 1.69. The Kier molecular flexibility index (Phi) is 4.38. The molecule has 4 rings (SSSR count). The molecule has 0 N–H and O–H groups in total. The standard InChI is InChI=1S/C20H17ClN2O2/c21-17-6-2-1-5-16(17)19-13-23(10-11-25-19)20(24)15-8-7-14-4-3-9-22-18(14)12-15/h1-9,12,19H,10-11,13H2. The third-order valence-corrected chi connectivity index (χ3v) is 4.80. The Morgan fingerprint density at radius 1 is 1.16 bits per heavy atom. The molecule has 0 bridgehead atoms. The number of halogens is 1. The van der Waals surface area contributed by atoms with Crippen molar-refractivity contribution in [3.8, 4) is 0 Å². The van der Waals surface area contributed by atoms with E-state index in [1.165, 1.54) is 0 Å². The first-order valence-electron chi connectivity index (χ1n) is 8.22. The Balaban J connectivity index is 1.58. The number of fused-ring (bicyclic) bond motifs is 1. The minimum absolute atomic E-state index is 0.00657. The van der Waals surface area contributed by atoms with Crippen LogP contribution in [0.4, 0.5) is 0 Å². The number of carbonyl (C=O) groups is 1. The molecule has 1 fully saturated rings. The van der Waals surface area contributed by atoms with Gasteiger partial charge in [0.05, 0.1) is 18.7 Å². The van der Waals surface area contributed by atoms with Gasteiger partial charge in [-0.15, -0.1) is 0 Å². The Morgan fingerprint density at radius 3 is 2.92 bits per heavy atom. The third kappa shape index (κ3) is 3.23. The fraction of sp³-hybridized carbons (Fsp3) is 0.200. The van der Waals surface area contributed by atoms with Gasteiger partial charge >= 0.3 is 0 Å². The van der Waals surface area contributed by atoms with Crippen LogP contribution in [-0.2, 0) is 4.74 Å². The van der Waals surface area contributed by atoms with Crippen LogP contribution in [0.25, 0.3) is 10.9 Å². The smallest absolute Gasteiger partial charge is 0.254 e. The number of amides is 1. The van der Waals surface area contributed by atoms with E-state index in [1.807, 2.05) is 59.5 Å². The first-order chi connectivity index (χ1) is 12.2. The van der Waals surface area contributed by atoms with Gasteiger partial charge in [0.1, 0.15) is 6.10 Å². The lowest BCUT2D eigenvalue weighted by atomic mass is 10.1. The van der Waals surface area contributed by atoms with Gasteiger partial charge in [0.15, 0.2) is 0 Å². The number of aromatic nitrogens is 1. The maximum Gasteiger partial charge on any atom is 0.254 e. The van der Waals surface area contributed by atoms with E-state index in [-0.39, 0.29) is 12.0 Å². The van der Waals surface area contributed by atoms with Crippen LogP contribution in [-0.4, -0.2) is 35.5 Å². The molecule has 0 saturated carbocycles. The predicted molar refractivity (Wildman–Crippen MR) is 97.8 cm³/mol. The SMILES string of the molecule is O=C(c1ccc2cccnc2c1)N1CCOC(c2ccccc2Cl)C1. The molecule has 4 nitrogen and oxygen atoms in total. The highest BCUT2D eigenvalue weighted by Crippen LogP contribution is 2.29. The fourth-order valence-electron chi connectivity index (χ4n) is 3.14. The van der Waals surface area contributed by atoms with Crippen molar-refractivity contribution < 1.29 is 9.53 Å². The van der Waals surface area contributed by atoms with E-state index >= 15 is 0 Å². The molecule has 25 heavy (non-hydrogen) atoms. The highest BCUT2D eigenvalue weighted by atomic mass is 35.5. The van der Waals surface area contributed by atoms with Crippen molar-refractivity contribution in [2.24, 2.45) is 0 Å². The largest absolute Gasteiger partial charge is 0.370 e. The second-order valence-corrected chi connectivity index (χ2v) is 6.45. The van der Waals surface area contributed by atoms with Gasteiger partial charge in [0, 0.05) is 34.3 Å². The number of hydrogen-bond acceptors (Lipinski definition) is 3. The molecule has 2 heterocycles. The van der Waals surface area contributed by atoms with Gasteiger partial charge in [0.25, 0.3) is 5.91 Å². The second kappa shape index (κ2) is 6.82. The topological polar surface area (TPSA) is 42.4 Å². The molecule has 0 spiro atoms. The van der Waals surface area contributed by atoms with Crippen LogP contribution in [0.5, 0.6) is 0 Å². The van der Waals surface area contributed by atoms with E-state index in [0.717, 1.165) is 16.5 Å². The van der Waals surface area contributed by atoms with Crippen molar-refractivity contribution in [1.82, 2.24) is 9.88 Å². The number of pyridine rings is 1. The molecule has 5 heteroatoms. The van der Waals surface area contributed by atoms with Gasteiger partial charge < -0.3 is 9.64 Å². The average molecular weight is 353 g/mol. The van der Waals surface area contributed by atoms with Gasteiger partial charge in [-0.25, -0.2) is 0 Å². The first kappa shape index (κ1) is 16.1. The summed E-state index contributed by atoms with van der Waals surface area (Å²) >= 11 is 6.28. The summed E-state index contributed by atoms with van der Waals surface area (Å²) in [6.07, 6.45) is 1.53. The highest BCUT2D eigenvalue weighted by molar-refractivity contribution is 6.31. The van der Waals surface area contributed by atoms with E-state index in [1.54, 1.807) is 6.20 Å². The van der Waals surface area contributed by atoms with Gasteiger partial charge in [-0.05, 0) is 24.3 Å². The lowest BCUT2D eigenvalue weighted by molar-refractivity contribution is -0.0227. The molecule has 1 saturated heterocycles. The molecule has 1 aromatic heterocycles. The molecular weight excluding hydrogens is 336 g/mol. The molecule has 1 aliphatic heterocycles. The predicted octanol–water partition coefficient (Wildman–Crippen LogP) is 4.10. The number of ether oxygens (including phenoxy) is 1. The van der Waals surface area contributed by atoms with Gasteiger partial charge in [-0.1, -0.05) is 41.9 Å². The van der Waals surface area contributed by atoms with Crippen LogP contribution in [0.1, 0.15) is 22.0 Å². The van der Waals surface area contributed by atoms with Crippen molar-refractivity contribution in [3.05, 3.63) is 76.9 Å². The number of morpholine rings is 1. The molecule has 1 amide bonds. The number of hydrogen-bond donors (Lipinski definition) is 0. The third-order valence-electron chi connectivity index (χ3n) is 4.46.